The zero-order valence-corrected chi connectivity index (χ0v) is 19.3. The summed E-state index contributed by atoms with van der Waals surface area (Å²) >= 11 is 0. The Morgan fingerprint density at radius 1 is 1.00 bits per heavy atom. The van der Waals surface area contributed by atoms with Gasteiger partial charge >= 0.3 is 22.1 Å². The molecule has 0 radical (unpaired) electrons. The summed E-state index contributed by atoms with van der Waals surface area (Å²) in [7, 11) is -4.11. The van der Waals surface area contributed by atoms with Gasteiger partial charge in [0.15, 0.2) is 0 Å². The molecule has 0 fully saturated rings. The third-order valence-electron chi connectivity index (χ3n) is 4.71. The van der Waals surface area contributed by atoms with E-state index in [9.17, 15) is 27.9 Å². The molecule has 1 heterocycles. The number of nitrogens with one attached hydrogen (secondary N) is 2. The van der Waals surface area contributed by atoms with E-state index in [1.54, 1.807) is 37.3 Å². The number of pyridine rings is 1. The number of nitrogen functional groups attached to an aromatic ring is 1. The van der Waals surface area contributed by atoms with Crippen LogP contribution in [0.5, 0.6) is 0 Å². The topological polar surface area (TPSA) is 190 Å². The first-order valence-corrected chi connectivity index (χ1v) is 11.7. The first-order chi connectivity index (χ1) is 16.4. The van der Waals surface area contributed by atoms with Gasteiger partial charge in [-0.05, 0) is 55.0 Å². The maximum absolute atomic E-state index is 13.1. The second-order valence-electron chi connectivity index (χ2n) is 7.43. The molecule has 0 saturated heterocycles. The number of carboxylic acid groups (broad SMARTS) is 1. The van der Waals surface area contributed by atoms with Crippen LogP contribution < -0.4 is 11.1 Å². The Morgan fingerprint density at radius 3 is 2.17 bits per heavy atom. The van der Waals surface area contributed by atoms with E-state index in [1.807, 2.05) is 0 Å². The summed E-state index contributed by atoms with van der Waals surface area (Å²) in [6, 6.07) is 12.7. The molecule has 3 aromatic rings. The number of carboxylic acids is 1. The maximum atomic E-state index is 13.1. The molecule has 0 saturated carbocycles. The van der Waals surface area contributed by atoms with E-state index in [0.29, 0.717) is 23.2 Å². The Hall–Kier alpha value is -4.58. The van der Waals surface area contributed by atoms with Gasteiger partial charge in [-0.3, -0.25) is 10.2 Å². The number of benzene rings is 2. The number of aromatic carboxylic acids is 1. The van der Waals surface area contributed by atoms with Gasteiger partial charge in [0, 0.05) is 22.5 Å². The first-order valence-electron chi connectivity index (χ1n) is 9.90. The number of anilines is 1. The Morgan fingerprint density at radius 2 is 1.60 bits per heavy atom. The minimum absolute atomic E-state index is 0.0744. The van der Waals surface area contributed by atoms with E-state index >= 15 is 0 Å². The van der Waals surface area contributed by atoms with Crippen LogP contribution in [0.4, 0.5) is 5.69 Å². The van der Waals surface area contributed by atoms with Crippen LogP contribution in [0, 0.1) is 12.3 Å². The van der Waals surface area contributed by atoms with Crippen molar-refractivity contribution in [1.29, 1.82) is 5.41 Å². The summed E-state index contributed by atoms with van der Waals surface area (Å²) < 4.78 is 26.8. The van der Waals surface area contributed by atoms with Crippen LogP contribution in [0.3, 0.4) is 0 Å². The van der Waals surface area contributed by atoms with Crippen LogP contribution in [-0.4, -0.2) is 48.4 Å². The number of aromatic nitrogens is 1. The van der Waals surface area contributed by atoms with Gasteiger partial charge in [0.2, 0.25) is 0 Å². The molecule has 3 rings (SSSR count). The van der Waals surface area contributed by atoms with E-state index in [2.05, 4.69) is 14.5 Å². The average Bonchev–Trinajstić information content (AvgIpc) is 2.77. The quantitative estimate of drug-likeness (QED) is 0.216. The van der Waals surface area contributed by atoms with Crippen molar-refractivity contribution in [3.05, 3.63) is 82.7 Å². The van der Waals surface area contributed by atoms with Crippen molar-refractivity contribution in [2.24, 2.45) is 5.73 Å². The van der Waals surface area contributed by atoms with E-state index in [0.717, 1.165) is 6.07 Å². The highest BCUT2D eigenvalue weighted by atomic mass is 32.2. The summed E-state index contributed by atoms with van der Waals surface area (Å²) in [5.41, 5.74) is 6.32. The number of hydrogen-bond acceptors (Lipinski definition) is 8. The summed E-state index contributed by atoms with van der Waals surface area (Å²) in [4.78, 5) is 41.4. The van der Waals surface area contributed by atoms with Crippen molar-refractivity contribution in [3.8, 4) is 11.1 Å². The molecule has 0 aliphatic carbocycles. The van der Waals surface area contributed by atoms with Gasteiger partial charge in [0.25, 0.3) is 5.91 Å². The lowest BCUT2D eigenvalue weighted by atomic mass is 9.95. The monoisotopic (exact) mass is 496 g/mol. The second kappa shape index (κ2) is 9.73. The highest BCUT2D eigenvalue weighted by Crippen LogP contribution is 2.29. The Labute approximate surface area is 200 Å². The number of amides is 1. The molecule has 0 atom stereocenters. The molecule has 1 amide bonds. The van der Waals surface area contributed by atoms with Gasteiger partial charge in [-0.2, -0.15) is 8.42 Å². The Balaban J connectivity index is 2.04. The molecule has 0 aliphatic rings. The highest BCUT2D eigenvalue weighted by Gasteiger charge is 2.23. The predicted molar refractivity (Wildman–Crippen MR) is 127 cm³/mol. The van der Waals surface area contributed by atoms with Crippen LogP contribution in [-0.2, 0) is 14.3 Å². The van der Waals surface area contributed by atoms with Crippen molar-refractivity contribution in [2.45, 2.75) is 6.92 Å². The van der Waals surface area contributed by atoms with Gasteiger partial charge in [0.1, 0.15) is 11.5 Å². The average molecular weight is 497 g/mol. The highest BCUT2D eigenvalue weighted by molar-refractivity contribution is 7.86. The van der Waals surface area contributed by atoms with Gasteiger partial charge in [-0.1, -0.05) is 12.1 Å². The van der Waals surface area contributed by atoms with E-state index in [1.165, 1.54) is 18.2 Å². The van der Waals surface area contributed by atoms with Crippen LogP contribution >= 0.6 is 0 Å². The predicted octanol–water partition coefficient (Wildman–Crippen LogP) is 2.41. The van der Waals surface area contributed by atoms with Crippen molar-refractivity contribution in [1.82, 2.24) is 4.98 Å². The number of aryl methyl sites for hydroxylation is 1. The molecule has 0 spiro atoms. The summed E-state index contributed by atoms with van der Waals surface area (Å²) in [6.45, 7) is 1.66. The third kappa shape index (κ3) is 6.06. The van der Waals surface area contributed by atoms with Gasteiger partial charge in [-0.15, -0.1) is 0 Å². The molecule has 35 heavy (non-hydrogen) atoms. The van der Waals surface area contributed by atoms with Gasteiger partial charge in [-0.25, -0.2) is 14.6 Å². The molecule has 0 unspecified atom stereocenters. The van der Waals surface area contributed by atoms with Crippen LogP contribution in [0.1, 0.15) is 42.5 Å². The lowest BCUT2D eigenvalue weighted by Crippen LogP contribution is -2.17. The smallest absolute Gasteiger partial charge is 0.353 e. The zero-order chi connectivity index (χ0) is 25.9. The van der Waals surface area contributed by atoms with E-state index in [-0.39, 0.29) is 33.8 Å². The number of hydrogen-bond donors (Lipinski definition) is 4. The number of carbonyl (C=O) groups excluding carboxylic acids is 2. The first kappa shape index (κ1) is 25.1. The third-order valence-corrected chi connectivity index (χ3v) is 5.16. The fraction of sp³-hybridized carbons (Fsp3) is 0.0870. The molecule has 0 aliphatic heterocycles. The largest absolute Gasteiger partial charge is 0.478 e. The summed E-state index contributed by atoms with van der Waals surface area (Å²) in [6.07, 6.45) is 0.688. The fourth-order valence-corrected chi connectivity index (χ4v) is 3.51. The second-order valence-corrected chi connectivity index (χ2v) is 9.01. The Kier molecular flexibility index (Phi) is 6.96. The van der Waals surface area contributed by atoms with E-state index < -0.39 is 28.0 Å². The number of nitrogens with two attached hydrogens (primary N) is 1. The molecule has 11 nitrogen and oxygen atoms in total. The number of rotatable bonds is 7. The van der Waals surface area contributed by atoms with Gasteiger partial charge < -0.3 is 20.3 Å². The molecule has 0 bridgehead atoms. The van der Waals surface area contributed by atoms with Crippen molar-refractivity contribution >= 4 is 39.5 Å². The van der Waals surface area contributed by atoms with Crippen molar-refractivity contribution in [2.75, 3.05) is 11.6 Å². The molecule has 180 valence electrons. The molecule has 12 heteroatoms. The minimum Gasteiger partial charge on any atom is -0.478 e. The van der Waals surface area contributed by atoms with Crippen LogP contribution in [0.2, 0.25) is 0 Å². The number of nitrogens with zero attached hydrogens (tertiary/aromatic N) is 1. The van der Waals surface area contributed by atoms with Crippen molar-refractivity contribution < 1.29 is 32.1 Å². The maximum Gasteiger partial charge on any atom is 0.353 e. The Bertz CT molecular complexity index is 1470. The molecule has 2 aromatic carbocycles. The summed E-state index contributed by atoms with van der Waals surface area (Å²) in [5, 5.41) is 19.8. The fourth-order valence-electron chi connectivity index (χ4n) is 3.14. The zero-order valence-electron chi connectivity index (χ0n) is 18.5. The van der Waals surface area contributed by atoms with E-state index in [4.69, 9.17) is 11.1 Å². The van der Waals surface area contributed by atoms with Crippen molar-refractivity contribution in [3.63, 3.8) is 0 Å². The molecule has 1 aromatic heterocycles. The normalized spacial score (nSPS) is 10.9. The standard InChI is InChI=1S/C23H20N4O7S/c1-12-3-9-17(19(26-12)21(28)27-15-7-4-13(5-8-15)20(24)25)16-10-6-14(11-18(16)22(29)30)23(31)34-35(2,32)33/h3-11H,1-2H3,(H3,24,25)(H,27,28)(H,29,30). The lowest BCUT2D eigenvalue weighted by molar-refractivity contribution is 0.0697. The van der Waals surface area contributed by atoms with Gasteiger partial charge in [0.05, 0.1) is 17.4 Å². The number of carbonyl (C=O) groups is 3. The summed E-state index contributed by atoms with van der Waals surface area (Å²) in [5.74, 6) is -3.41. The molecular formula is C23H20N4O7S. The lowest BCUT2D eigenvalue weighted by Gasteiger charge is -2.13. The van der Waals surface area contributed by atoms with Crippen LogP contribution in [0.25, 0.3) is 11.1 Å². The molecule has 5 N–H and O–H groups in total. The molecular weight excluding hydrogens is 476 g/mol. The SMILES string of the molecule is Cc1ccc(-c2ccc(C(=O)OS(C)(=O)=O)cc2C(=O)O)c(C(=O)Nc2ccc(C(=N)N)cc2)n1. The van der Waals surface area contributed by atoms with Crippen LogP contribution in [0.15, 0.2) is 54.6 Å². The minimum atomic E-state index is -4.11. The number of amidine groups is 1.